The lowest BCUT2D eigenvalue weighted by molar-refractivity contribution is -0.345. The molecule has 5 aliphatic rings. The smallest absolute Gasteiger partial charge is 0.331 e. The summed E-state index contributed by atoms with van der Waals surface area (Å²) >= 11 is 0. The predicted molar refractivity (Wildman–Crippen MR) is 263 cm³/mol. The Kier molecular flexibility index (Phi) is 21.7. The molecular weight excluding hydrogens is 937 g/mol. The van der Waals surface area contributed by atoms with Crippen LogP contribution in [0.1, 0.15) is 122 Å². The van der Waals surface area contributed by atoms with Gasteiger partial charge in [-0.3, -0.25) is 0 Å². The van der Waals surface area contributed by atoms with Gasteiger partial charge in [0, 0.05) is 85.2 Å². The Balaban J connectivity index is 1.28. The zero-order valence-electron chi connectivity index (χ0n) is 44.4. The lowest BCUT2D eigenvalue weighted by Gasteiger charge is -2.50. The minimum Gasteiger partial charge on any atom is -0.458 e. The zero-order valence-corrected chi connectivity index (χ0v) is 44.4. The summed E-state index contributed by atoms with van der Waals surface area (Å²) in [6.45, 7) is 21.3. The van der Waals surface area contributed by atoms with Crippen molar-refractivity contribution in [3.63, 3.8) is 0 Å². The maximum atomic E-state index is 13.5. The standard InChI is InChI=1S/C54H88O18/c1-13-37-33(9)71-53(63,25-41(37)67-45-23-39(55)49(61)35(11)65-45)31(7)47(59)29(5)51-27(3)19-15-17-22-44(58)70-52(28(4)20-16-18-21-43(57)69-51)30(6)48(60)32(8)54(64)26-42(38(14-2)34(10)72-54)68-46-24-40(56)50(62)36(12)66-46/h15-22,27-42,45-52,55-56,59-64H,13-14,23-26H2,1-12H3/b19-15+,20-16+,21-18+,22-17+/t27-,28-,29-,30+,31-,32-,33-,34+,35+,36-,37-,38+,39+,40-,41-,42+,45+,46+,47+,48-,49-,50+,51-,52-,53-,54+/m0/s1. The molecule has 412 valence electrons. The number of carbonyl (C=O) groups is 2. The lowest BCUT2D eigenvalue weighted by atomic mass is 9.76. The molecule has 4 fully saturated rings. The molecule has 0 amide bonds. The molecule has 18 nitrogen and oxygen atoms in total. The largest absolute Gasteiger partial charge is 0.458 e. The monoisotopic (exact) mass is 1020 g/mol. The molecule has 18 heteroatoms. The Labute approximate surface area is 426 Å². The van der Waals surface area contributed by atoms with E-state index in [9.17, 15) is 50.4 Å². The third-order valence-electron chi connectivity index (χ3n) is 16.5. The van der Waals surface area contributed by atoms with Gasteiger partial charge in [0.25, 0.3) is 0 Å². The Morgan fingerprint density at radius 3 is 1.25 bits per heavy atom. The molecule has 26 atom stereocenters. The maximum absolute atomic E-state index is 13.5. The topological polar surface area (TPSA) is 270 Å². The van der Waals surface area contributed by atoms with Gasteiger partial charge < -0.3 is 78.7 Å². The van der Waals surface area contributed by atoms with Crippen molar-refractivity contribution < 1.29 is 88.3 Å². The van der Waals surface area contributed by atoms with Gasteiger partial charge in [-0.2, -0.15) is 0 Å². The van der Waals surface area contributed by atoms with Gasteiger partial charge in [-0.15, -0.1) is 0 Å². The fraction of sp³-hybridized carbons (Fsp3) is 0.815. The average Bonchev–Trinajstić information content (AvgIpc) is 3.31. The molecule has 8 N–H and O–H groups in total. The Morgan fingerprint density at radius 1 is 0.583 bits per heavy atom. The van der Waals surface area contributed by atoms with E-state index >= 15 is 0 Å². The summed E-state index contributed by atoms with van der Waals surface area (Å²) in [5.41, 5.74) is 0. The summed E-state index contributed by atoms with van der Waals surface area (Å²) in [6.07, 6.45) is -0.317. The molecule has 5 heterocycles. The van der Waals surface area contributed by atoms with Gasteiger partial charge in [0.2, 0.25) is 0 Å². The highest BCUT2D eigenvalue weighted by Gasteiger charge is 2.54. The highest BCUT2D eigenvalue weighted by atomic mass is 16.7. The second-order valence-electron chi connectivity index (χ2n) is 21.7. The molecule has 0 aromatic rings. The molecule has 0 aliphatic carbocycles. The third kappa shape index (κ3) is 14.4. The summed E-state index contributed by atoms with van der Waals surface area (Å²) in [5, 5.41) is 89.6. The number of esters is 2. The van der Waals surface area contributed by atoms with E-state index < -0.39 is 157 Å². The normalized spacial score (nSPS) is 46.1. The fourth-order valence-corrected chi connectivity index (χ4v) is 11.6. The fourth-order valence-electron chi connectivity index (χ4n) is 11.6. The molecule has 5 aliphatic heterocycles. The first kappa shape index (κ1) is 60.2. The molecule has 0 aromatic heterocycles. The van der Waals surface area contributed by atoms with E-state index in [1.807, 2.05) is 27.7 Å². The molecule has 0 radical (unpaired) electrons. The van der Waals surface area contributed by atoms with E-state index in [1.54, 1.807) is 79.7 Å². The molecule has 0 unspecified atom stereocenters. The summed E-state index contributed by atoms with van der Waals surface area (Å²) in [4.78, 5) is 27.0. The van der Waals surface area contributed by atoms with Crippen LogP contribution in [0, 0.1) is 47.3 Å². The van der Waals surface area contributed by atoms with Crippen LogP contribution in [0.2, 0.25) is 0 Å². The Bertz CT molecular complexity index is 1710. The van der Waals surface area contributed by atoms with Crippen LogP contribution in [0.15, 0.2) is 48.6 Å². The quantitative estimate of drug-likeness (QED) is 0.114. The second kappa shape index (κ2) is 25.9. The van der Waals surface area contributed by atoms with Gasteiger partial charge in [-0.1, -0.05) is 91.8 Å². The van der Waals surface area contributed by atoms with E-state index in [-0.39, 0.29) is 37.5 Å². The average molecular weight is 1030 g/mol. The van der Waals surface area contributed by atoms with Gasteiger partial charge in [0.05, 0.1) is 61.0 Å². The number of aliphatic hydroxyl groups is 8. The highest BCUT2D eigenvalue weighted by Crippen LogP contribution is 2.45. The number of cyclic esters (lactones) is 2. The van der Waals surface area contributed by atoms with E-state index in [0.717, 1.165) is 0 Å². The third-order valence-corrected chi connectivity index (χ3v) is 16.5. The molecule has 5 rings (SSSR count). The molecular formula is C54H88O18. The van der Waals surface area contributed by atoms with Crippen LogP contribution in [-0.2, 0) is 47.5 Å². The second-order valence-corrected chi connectivity index (χ2v) is 21.7. The van der Waals surface area contributed by atoms with Crippen LogP contribution < -0.4 is 0 Å². The number of hydrogen-bond donors (Lipinski definition) is 8. The molecule has 0 saturated carbocycles. The molecule has 0 spiro atoms. The summed E-state index contributed by atoms with van der Waals surface area (Å²) in [5.74, 6) is -9.84. The first-order valence-corrected chi connectivity index (χ1v) is 26.4. The van der Waals surface area contributed by atoms with Crippen molar-refractivity contribution in [2.45, 2.75) is 231 Å². The molecule has 0 aromatic carbocycles. The summed E-state index contributed by atoms with van der Waals surface area (Å²) < 4.78 is 49.1. The van der Waals surface area contributed by atoms with Gasteiger partial charge in [0.15, 0.2) is 24.2 Å². The Morgan fingerprint density at radius 2 is 0.931 bits per heavy atom. The number of aliphatic hydroxyl groups excluding tert-OH is 6. The van der Waals surface area contributed by atoms with E-state index in [4.69, 9.17) is 37.9 Å². The molecule has 4 saturated heterocycles. The van der Waals surface area contributed by atoms with E-state index in [0.29, 0.717) is 12.8 Å². The van der Waals surface area contributed by atoms with Gasteiger partial charge in [-0.05, 0) is 40.5 Å². The SMILES string of the molecule is CC[C@@H]1[C@@H](C)O[C@@](O)([C@@H](C)[C@@H](O)[C@@H](C)[C@H]2OC(=O)/C=C/C=C/[C@H](C)[C@@H]([C@@H](C)[C@@H](O)[C@H](C)[C@]3(O)C[C@H](O[C@@H]4C[C@@H](O)[C@@H](O)[C@@H](C)O4)[C@@H](CC)[C@H](C)O3)OC(=O)/C=C/C=C/[C@@H]2C)C[C@H]1O[C@@H]1C[C@H](O)[C@H](O)[C@H](C)O1. The Hall–Kier alpha value is -2.66. The number of ether oxygens (including phenoxy) is 8. The summed E-state index contributed by atoms with van der Waals surface area (Å²) in [6, 6.07) is 0. The van der Waals surface area contributed by atoms with Crippen molar-refractivity contribution in [1.82, 2.24) is 0 Å². The number of allylic oxidation sites excluding steroid dienone is 4. The number of rotatable bonds is 14. The van der Waals surface area contributed by atoms with Crippen molar-refractivity contribution in [2.75, 3.05) is 0 Å². The van der Waals surface area contributed by atoms with Crippen LogP contribution >= 0.6 is 0 Å². The van der Waals surface area contributed by atoms with E-state index in [1.165, 1.54) is 24.3 Å². The zero-order chi connectivity index (χ0) is 53.6. The summed E-state index contributed by atoms with van der Waals surface area (Å²) in [7, 11) is 0. The van der Waals surface area contributed by atoms with Crippen LogP contribution in [-0.4, -0.2) is 162 Å². The molecule has 72 heavy (non-hydrogen) atoms. The number of hydrogen-bond acceptors (Lipinski definition) is 18. The van der Waals surface area contributed by atoms with Gasteiger partial charge in [-0.25, -0.2) is 9.59 Å². The van der Waals surface area contributed by atoms with Crippen LogP contribution in [0.4, 0.5) is 0 Å². The van der Waals surface area contributed by atoms with Crippen molar-refractivity contribution >= 4 is 11.9 Å². The van der Waals surface area contributed by atoms with Crippen molar-refractivity contribution in [3.8, 4) is 0 Å². The minimum atomic E-state index is -1.88. The van der Waals surface area contributed by atoms with Crippen molar-refractivity contribution in [1.29, 1.82) is 0 Å². The minimum absolute atomic E-state index is 0.0264. The van der Waals surface area contributed by atoms with Gasteiger partial charge >= 0.3 is 11.9 Å². The highest BCUT2D eigenvalue weighted by molar-refractivity contribution is 5.83. The van der Waals surface area contributed by atoms with E-state index in [2.05, 4.69) is 0 Å². The van der Waals surface area contributed by atoms with Crippen LogP contribution in [0.5, 0.6) is 0 Å². The number of carbonyl (C=O) groups excluding carboxylic acids is 2. The van der Waals surface area contributed by atoms with Crippen molar-refractivity contribution in [2.24, 2.45) is 47.3 Å². The van der Waals surface area contributed by atoms with Crippen LogP contribution in [0.25, 0.3) is 0 Å². The van der Waals surface area contributed by atoms with Crippen LogP contribution in [0.3, 0.4) is 0 Å². The first-order chi connectivity index (χ1) is 33.7. The first-order valence-electron chi connectivity index (χ1n) is 26.4. The lowest BCUT2D eigenvalue weighted by Crippen LogP contribution is -2.59. The maximum Gasteiger partial charge on any atom is 0.331 e. The molecule has 0 bridgehead atoms. The predicted octanol–water partition coefficient (Wildman–Crippen LogP) is 4.12. The van der Waals surface area contributed by atoms with Gasteiger partial charge in [0.1, 0.15) is 24.4 Å². The van der Waals surface area contributed by atoms with Crippen molar-refractivity contribution in [3.05, 3.63) is 48.6 Å².